The molecule has 2 heterocycles. The van der Waals surface area contributed by atoms with Crippen LogP contribution in [0.15, 0.2) is 30.3 Å². The highest BCUT2D eigenvalue weighted by molar-refractivity contribution is 5.92. The monoisotopic (exact) mass is 561 g/mol. The minimum absolute atomic E-state index is 0. The minimum atomic E-state index is -0.982. The summed E-state index contributed by atoms with van der Waals surface area (Å²) in [6.45, 7) is 8.68. The molecule has 4 amide bonds. The predicted octanol–water partition coefficient (Wildman–Crippen LogP) is 3.00. The number of nitrogens with one attached hydrogen (secondary N) is 3. The van der Waals surface area contributed by atoms with Gasteiger partial charge >= 0.3 is 6.09 Å². The molecule has 2 fully saturated rings. The first-order chi connectivity index (χ1) is 19.0. The van der Waals surface area contributed by atoms with E-state index < -0.39 is 41.4 Å². The molecule has 0 bridgehead atoms. The van der Waals surface area contributed by atoms with Gasteiger partial charge in [0.15, 0.2) is 0 Å². The molecule has 0 aliphatic carbocycles. The molecule has 3 N–H and O–H groups in total. The molecule has 40 heavy (non-hydrogen) atoms. The lowest BCUT2D eigenvalue weighted by atomic mass is 9.85. The van der Waals surface area contributed by atoms with E-state index >= 15 is 0 Å². The Hall–Kier alpha value is -3.65. The molecule has 5 atom stereocenters. The van der Waals surface area contributed by atoms with Gasteiger partial charge in [-0.05, 0) is 30.2 Å². The molecule has 0 aromatic heterocycles. The van der Waals surface area contributed by atoms with E-state index in [1.54, 1.807) is 0 Å². The van der Waals surface area contributed by atoms with Gasteiger partial charge in [-0.3, -0.25) is 14.4 Å². The van der Waals surface area contributed by atoms with Crippen molar-refractivity contribution in [1.29, 1.82) is 5.26 Å². The number of rotatable bonds is 11. The second-order valence-electron chi connectivity index (χ2n) is 11.4. The third kappa shape index (κ3) is 8.42. The van der Waals surface area contributed by atoms with Crippen molar-refractivity contribution in [2.45, 2.75) is 84.2 Å². The van der Waals surface area contributed by atoms with Crippen LogP contribution in [0.4, 0.5) is 4.79 Å². The molecular formula is C29H47N5O6. The molecular weight excluding hydrogens is 514 g/mol. The van der Waals surface area contributed by atoms with Gasteiger partial charge in [0.25, 0.3) is 0 Å². The summed E-state index contributed by atoms with van der Waals surface area (Å²) >= 11 is 0. The highest BCUT2D eigenvalue weighted by Crippen LogP contribution is 2.28. The van der Waals surface area contributed by atoms with Crippen LogP contribution in [-0.4, -0.2) is 72.6 Å². The summed E-state index contributed by atoms with van der Waals surface area (Å²) in [6, 6.07) is 8.53. The molecule has 2 aliphatic rings. The van der Waals surface area contributed by atoms with Gasteiger partial charge in [0, 0.05) is 36.3 Å². The second-order valence-corrected chi connectivity index (χ2v) is 11.4. The van der Waals surface area contributed by atoms with Crippen molar-refractivity contribution in [3.05, 3.63) is 35.9 Å². The molecule has 1 aromatic carbocycles. The zero-order valence-corrected chi connectivity index (χ0v) is 23.8. The van der Waals surface area contributed by atoms with Gasteiger partial charge in [0.05, 0.1) is 12.2 Å². The predicted molar refractivity (Wildman–Crippen MR) is 153 cm³/mol. The van der Waals surface area contributed by atoms with Gasteiger partial charge in [-0.15, -0.1) is 0 Å². The van der Waals surface area contributed by atoms with E-state index in [0.717, 1.165) is 12.0 Å². The van der Waals surface area contributed by atoms with E-state index in [1.165, 1.54) is 4.90 Å². The summed E-state index contributed by atoms with van der Waals surface area (Å²) in [5, 5.41) is 17.8. The van der Waals surface area contributed by atoms with E-state index in [9.17, 15) is 24.4 Å². The zero-order chi connectivity index (χ0) is 29.3. The number of likely N-dealkylation sites (tertiary alicyclic amines) is 1. The lowest BCUT2D eigenvalue weighted by Gasteiger charge is -2.35. The number of alkyl carbamates (subject to hydrolysis) is 1. The number of benzene rings is 1. The molecule has 3 rings (SSSR count). The fourth-order valence-electron chi connectivity index (χ4n) is 4.96. The van der Waals surface area contributed by atoms with Crippen LogP contribution in [-0.2, 0) is 30.5 Å². The first-order valence-electron chi connectivity index (χ1n) is 13.9. The van der Waals surface area contributed by atoms with Gasteiger partial charge < -0.3 is 30.3 Å². The van der Waals surface area contributed by atoms with E-state index in [1.807, 2.05) is 58.0 Å². The Morgan fingerprint density at radius 2 is 1.95 bits per heavy atom. The van der Waals surface area contributed by atoms with Crippen molar-refractivity contribution in [1.82, 2.24) is 20.9 Å². The largest absolute Gasteiger partial charge is 0.445 e. The summed E-state index contributed by atoms with van der Waals surface area (Å²) in [6.07, 6.45) is 0.731. The summed E-state index contributed by atoms with van der Waals surface area (Å²) in [5.74, 6) is -1.39. The van der Waals surface area contributed by atoms with E-state index in [0.29, 0.717) is 19.6 Å². The highest BCUT2D eigenvalue weighted by atomic mass is 16.5. The Balaban J connectivity index is 0.00000588. The standard InChI is InChI=1S/C29H41N5O6.3H2/c1-5-13-39-22-15-23(26(36)32-21(16-30)14-20-11-12-31-25(20)35)34(17-22)27(37)24(29(2,3)4)33-28(38)40-18-19-9-7-6-8-10-19;;;/h6-10,20-24H,5,11-15,17-18H2,1-4H3,(H,31,35)(H,32,36)(H,33,38);3*1H/t20-,21?,22+,23-,24+;;;/m0.../s1. The molecule has 2 aliphatic heterocycles. The number of ether oxygens (including phenoxy) is 2. The first kappa shape index (κ1) is 30.9. The molecule has 11 nitrogen and oxygen atoms in total. The Bertz CT molecular complexity index is 1100. The SMILES string of the molecule is CCCO[C@@H]1C[C@@H](C(=O)NC(C#N)C[C@@H]2CCNC2=O)N(C(=O)[C@@H](NC(=O)OCc2ccccc2)C(C)(C)C)C1.[HH].[HH].[HH]. The van der Waals surface area contributed by atoms with Gasteiger partial charge in [0.2, 0.25) is 17.7 Å². The lowest BCUT2D eigenvalue weighted by molar-refractivity contribution is -0.142. The van der Waals surface area contributed by atoms with Crippen molar-refractivity contribution in [3.63, 3.8) is 0 Å². The van der Waals surface area contributed by atoms with E-state index in [4.69, 9.17) is 9.47 Å². The van der Waals surface area contributed by atoms with Crippen molar-refractivity contribution in [3.8, 4) is 6.07 Å². The molecule has 1 aromatic rings. The average molecular weight is 562 g/mol. The van der Waals surface area contributed by atoms with Gasteiger partial charge in [-0.1, -0.05) is 58.0 Å². The smallest absolute Gasteiger partial charge is 0.408 e. The summed E-state index contributed by atoms with van der Waals surface area (Å²) in [4.78, 5) is 53.5. The van der Waals surface area contributed by atoms with Crippen LogP contribution < -0.4 is 16.0 Å². The number of hydrogen-bond donors (Lipinski definition) is 3. The number of nitriles is 1. The normalized spacial score (nSPS) is 22.1. The van der Waals surface area contributed by atoms with E-state index in [-0.39, 0.29) is 48.2 Å². The van der Waals surface area contributed by atoms with Crippen LogP contribution in [0.5, 0.6) is 0 Å². The van der Waals surface area contributed by atoms with Crippen molar-refractivity contribution < 1.29 is 32.9 Å². The molecule has 0 spiro atoms. The van der Waals surface area contributed by atoms with Gasteiger partial charge in [-0.2, -0.15) is 5.26 Å². The Kier molecular flexibility index (Phi) is 10.9. The number of amides is 4. The second kappa shape index (κ2) is 14.1. The Labute approximate surface area is 240 Å². The Morgan fingerprint density at radius 3 is 2.55 bits per heavy atom. The van der Waals surface area contributed by atoms with Crippen molar-refractivity contribution in [2.75, 3.05) is 19.7 Å². The van der Waals surface area contributed by atoms with Gasteiger partial charge in [0.1, 0.15) is 24.7 Å². The first-order valence-corrected chi connectivity index (χ1v) is 13.9. The number of hydrogen-bond acceptors (Lipinski definition) is 7. The number of carbonyl (C=O) groups excluding carboxylic acids is 4. The van der Waals surface area contributed by atoms with Crippen LogP contribution in [0.3, 0.4) is 0 Å². The summed E-state index contributed by atoms with van der Waals surface area (Å²) < 4.78 is 11.3. The maximum absolute atomic E-state index is 13.9. The molecule has 0 saturated carbocycles. The van der Waals surface area contributed by atoms with Crippen LogP contribution in [0.2, 0.25) is 0 Å². The van der Waals surface area contributed by atoms with E-state index in [2.05, 4.69) is 22.0 Å². The number of nitrogens with zero attached hydrogens (tertiary/aromatic N) is 2. The van der Waals surface area contributed by atoms with Crippen molar-refractivity contribution in [2.24, 2.45) is 11.3 Å². The Morgan fingerprint density at radius 1 is 1.23 bits per heavy atom. The van der Waals surface area contributed by atoms with Crippen LogP contribution >= 0.6 is 0 Å². The molecule has 1 unspecified atom stereocenters. The summed E-state index contributed by atoms with van der Waals surface area (Å²) in [5.41, 5.74) is 0.114. The quantitative estimate of drug-likeness (QED) is 0.376. The maximum atomic E-state index is 13.9. The average Bonchev–Trinajstić information content (AvgIpc) is 3.54. The summed E-state index contributed by atoms with van der Waals surface area (Å²) in [7, 11) is 0. The lowest BCUT2D eigenvalue weighted by Crippen LogP contribution is -2.58. The fourth-order valence-corrected chi connectivity index (χ4v) is 4.96. The van der Waals surface area contributed by atoms with Crippen LogP contribution in [0, 0.1) is 22.7 Å². The minimum Gasteiger partial charge on any atom is -0.445 e. The van der Waals surface area contributed by atoms with Crippen LogP contribution in [0.25, 0.3) is 0 Å². The fraction of sp³-hybridized carbons (Fsp3) is 0.621. The molecule has 0 radical (unpaired) electrons. The third-order valence-electron chi connectivity index (χ3n) is 7.15. The maximum Gasteiger partial charge on any atom is 0.408 e. The molecule has 11 heteroatoms. The van der Waals surface area contributed by atoms with Crippen LogP contribution in [0.1, 0.15) is 63.2 Å². The molecule has 2 saturated heterocycles. The van der Waals surface area contributed by atoms with Crippen molar-refractivity contribution >= 4 is 23.8 Å². The number of carbonyl (C=O) groups is 4. The molecule has 224 valence electrons. The zero-order valence-electron chi connectivity index (χ0n) is 23.8. The topological polar surface area (TPSA) is 150 Å². The third-order valence-corrected chi connectivity index (χ3v) is 7.15. The highest BCUT2D eigenvalue weighted by Gasteiger charge is 2.46. The van der Waals surface area contributed by atoms with Gasteiger partial charge in [-0.25, -0.2) is 4.79 Å².